The number of fused-ring (bicyclic) bond motifs is 5. The summed E-state index contributed by atoms with van der Waals surface area (Å²) in [5.74, 6) is -2.71. The van der Waals surface area contributed by atoms with Gasteiger partial charge in [-0.3, -0.25) is 9.59 Å². The molecule has 29 heavy (non-hydrogen) atoms. The number of amides is 2. The summed E-state index contributed by atoms with van der Waals surface area (Å²) in [5, 5.41) is 0.512. The van der Waals surface area contributed by atoms with E-state index < -0.39 is 35.8 Å². The standard InChI is InChI=1S/C22H17ClN2O4/c1-29-22(28)19-17-16(18-15-5-3-2-4-12(15)10-11-24(18)19)20(26)25(21(17)27)14-8-6-13(23)7-9-14/h2-11,16-19H,1H3/t16-,17+,18+,19+/m0/s1. The molecule has 0 radical (unpaired) electrons. The molecule has 2 amide bonds. The number of esters is 1. The van der Waals surface area contributed by atoms with Crippen molar-refractivity contribution in [3.8, 4) is 0 Å². The smallest absolute Gasteiger partial charge is 0.329 e. The molecule has 7 heteroatoms. The summed E-state index contributed by atoms with van der Waals surface area (Å²) in [6, 6.07) is 13.0. The van der Waals surface area contributed by atoms with Crippen LogP contribution < -0.4 is 4.90 Å². The minimum atomic E-state index is -0.853. The van der Waals surface area contributed by atoms with E-state index in [1.807, 2.05) is 30.3 Å². The van der Waals surface area contributed by atoms with Crippen LogP contribution in [0.5, 0.6) is 0 Å². The Hall–Kier alpha value is -3.12. The molecule has 6 nitrogen and oxygen atoms in total. The maximum Gasteiger partial charge on any atom is 0.329 e. The van der Waals surface area contributed by atoms with E-state index in [2.05, 4.69) is 0 Å². The largest absolute Gasteiger partial charge is 0.467 e. The van der Waals surface area contributed by atoms with Gasteiger partial charge in [0, 0.05) is 11.2 Å². The molecule has 146 valence electrons. The van der Waals surface area contributed by atoms with E-state index >= 15 is 0 Å². The number of rotatable bonds is 2. The number of carbonyl (C=O) groups excluding carboxylic acids is 3. The molecular formula is C22H17ClN2O4. The number of benzene rings is 2. The van der Waals surface area contributed by atoms with Crippen molar-refractivity contribution in [2.75, 3.05) is 12.0 Å². The third-order valence-corrected chi connectivity index (χ3v) is 6.24. The van der Waals surface area contributed by atoms with Crippen molar-refractivity contribution < 1.29 is 19.1 Å². The fraction of sp³-hybridized carbons (Fsp3) is 0.227. The van der Waals surface area contributed by atoms with Crippen LogP contribution in [0.15, 0.2) is 54.7 Å². The molecule has 0 bridgehead atoms. The number of hydrogen-bond acceptors (Lipinski definition) is 5. The van der Waals surface area contributed by atoms with Crippen LogP contribution in [0.4, 0.5) is 5.69 Å². The van der Waals surface area contributed by atoms with Crippen LogP contribution in [0.2, 0.25) is 5.02 Å². The Kier molecular flexibility index (Phi) is 3.99. The lowest BCUT2D eigenvalue weighted by Gasteiger charge is -2.34. The molecular weight excluding hydrogens is 392 g/mol. The van der Waals surface area contributed by atoms with Gasteiger partial charge >= 0.3 is 5.97 Å². The summed E-state index contributed by atoms with van der Waals surface area (Å²) in [6.07, 6.45) is 3.69. The zero-order chi connectivity index (χ0) is 20.3. The van der Waals surface area contributed by atoms with Crippen LogP contribution >= 0.6 is 11.6 Å². The predicted molar refractivity (Wildman–Crippen MR) is 107 cm³/mol. The van der Waals surface area contributed by atoms with Crippen molar-refractivity contribution in [1.82, 2.24) is 4.90 Å². The van der Waals surface area contributed by atoms with E-state index in [4.69, 9.17) is 16.3 Å². The third kappa shape index (κ3) is 2.45. The minimum Gasteiger partial charge on any atom is -0.467 e. The van der Waals surface area contributed by atoms with Crippen molar-refractivity contribution in [3.63, 3.8) is 0 Å². The first-order chi connectivity index (χ1) is 14.0. The molecule has 2 aromatic rings. The number of ether oxygens (including phenoxy) is 1. The van der Waals surface area contributed by atoms with E-state index in [1.54, 1.807) is 35.4 Å². The van der Waals surface area contributed by atoms with Crippen LogP contribution in [0, 0.1) is 11.8 Å². The quantitative estimate of drug-likeness (QED) is 0.564. The van der Waals surface area contributed by atoms with Crippen LogP contribution in [0.25, 0.3) is 6.08 Å². The Bertz CT molecular complexity index is 1060. The van der Waals surface area contributed by atoms with Crippen molar-refractivity contribution in [2.45, 2.75) is 12.1 Å². The van der Waals surface area contributed by atoms with Gasteiger partial charge in [-0.2, -0.15) is 0 Å². The average molecular weight is 409 g/mol. The Balaban J connectivity index is 1.65. The monoisotopic (exact) mass is 408 g/mol. The van der Waals surface area contributed by atoms with Gasteiger partial charge in [0.15, 0.2) is 0 Å². The first-order valence-electron chi connectivity index (χ1n) is 9.28. The lowest BCUT2D eigenvalue weighted by Crippen LogP contribution is -2.44. The summed E-state index contributed by atoms with van der Waals surface area (Å²) in [4.78, 5) is 42.5. The second kappa shape index (κ2) is 6.46. The van der Waals surface area contributed by atoms with Crippen LogP contribution in [0.3, 0.4) is 0 Å². The lowest BCUT2D eigenvalue weighted by molar-refractivity contribution is -0.148. The number of hydrogen-bond donors (Lipinski definition) is 0. The Morgan fingerprint density at radius 2 is 1.69 bits per heavy atom. The average Bonchev–Trinajstić information content (AvgIpc) is 3.21. The molecule has 2 saturated heterocycles. The van der Waals surface area contributed by atoms with Gasteiger partial charge in [-0.15, -0.1) is 0 Å². The molecule has 4 atom stereocenters. The molecule has 3 aliphatic heterocycles. The van der Waals surface area contributed by atoms with Crippen LogP contribution in [0.1, 0.15) is 17.2 Å². The second-order valence-corrected chi connectivity index (χ2v) is 7.78. The van der Waals surface area contributed by atoms with Gasteiger partial charge < -0.3 is 9.64 Å². The highest BCUT2D eigenvalue weighted by Crippen LogP contribution is 2.53. The molecule has 0 N–H and O–H groups in total. The number of halogens is 1. The van der Waals surface area contributed by atoms with E-state index in [0.717, 1.165) is 11.1 Å². The minimum absolute atomic E-state index is 0.311. The van der Waals surface area contributed by atoms with Crippen molar-refractivity contribution >= 4 is 41.1 Å². The van der Waals surface area contributed by atoms with Crippen molar-refractivity contribution in [2.24, 2.45) is 11.8 Å². The highest BCUT2D eigenvalue weighted by Gasteiger charge is 2.65. The first kappa shape index (κ1) is 17.9. The fourth-order valence-electron chi connectivity index (χ4n) is 4.79. The Morgan fingerprint density at radius 3 is 2.41 bits per heavy atom. The molecule has 0 aliphatic carbocycles. The zero-order valence-electron chi connectivity index (χ0n) is 15.5. The van der Waals surface area contributed by atoms with Gasteiger partial charge in [0.25, 0.3) is 0 Å². The number of methoxy groups -OCH3 is 1. The first-order valence-corrected chi connectivity index (χ1v) is 9.66. The molecule has 3 heterocycles. The van der Waals surface area contributed by atoms with Gasteiger partial charge in [0.1, 0.15) is 6.04 Å². The molecule has 3 aliphatic rings. The molecule has 2 aromatic carbocycles. The predicted octanol–water partition coefficient (Wildman–Crippen LogP) is 3.03. The van der Waals surface area contributed by atoms with Crippen molar-refractivity contribution in [1.29, 1.82) is 0 Å². The van der Waals surface area contributed by atoms with Gasteiger partial charge in [0.2, 0.25) is 11.8 Å². The van der Waals surface area contributed by atoms with E-state index in [0.29, 0.717) is 10.7 Å². The second-order valence-electron chi connectivity index (χ2n) is 7.34. The Morgan fingerprint density at radius 1 is 1.00 bits per heavy atom. The molecule has 0 aromatic heterocycles. The number of nitrogens with zero attached hydrogens (tertiary/aromatic N) is 2. The summed E-state index contributed by atoms with van der Waals surface area (Å²) >= 11 is 5.95. The van der Waals surface area contributed by atoms with E-state index in [9.17, 15) is 14.4 Å². The summed E-state index contributed by atoms with van der Waals surface area (Å²) in [7, 11) is 1.30. The zero-order valence-corrected chi connectivity index (χ0v) is 16.2. The third-order valence-electron chi connectivity index (χ3n) is 5.99. The molecule has 5 rings (SSSR count). The van der Waals surface area contributed by atoms with E-state index in [-0.39, 0.29) is 5.91 Å². The maximum absolute atomic E-state index is 13.5. The molecule has 2 fully saturated rings. The van der Waals surface area contributed by atoms with Gasteiger partial charge in [-0.1, -0.05) is 35.9 Å². The summed E-state index contributed by atoms with van der Waals surface area (Å²) < 4.78 is 5.01. The number of carbonyl (C=O) groups is 3. The molecule has 0 spiro atoms. The van der Waals surface area contributed by atoms with Crippen molar-refractivity contribution in [3.05, 3.63) is 70.9 Å². The number of imide groups is 1. The van der Waals surface area contributed by atoms with Crippen LogP contribution in [-0.2, 0) is 19.1 Å². The van der Waals surface area contributed by atoms with E-state index in [1.165, 1.54) is 12.0 Å². The SMILES string of the molecule is COC(=O)[C@H]1[C@@H]2C(=O)N(c3ccc(Cl)cc3)C(=O)[C@@H]2[C@H]2c3ccccc3C=CN21. The maximum atomic E-state index is 13.5. The molecule has 0 unspecified atom stereocenters. The molecule has 0 saturated carbocycles. The Labute approximate surface area is 172 Å². The lowest BCUT2D eigenvalue weighted by atomic mass is 9.84. The van der Waals surface area contributed by atoms with Gasteiger partial charge in [0.05, 0.1) is 30.7 Å². The van der Waals surface area contributed by atoms with Gasteiger partial charge in [-0.25, -0.2) is 9.69 Å². The number of anilines is 1. The fourth-order valence-corrected chi connectivity index (χ4v) is 4.92. The van der Waals surface area contributed by atoms with Gasteiger partial charge in [-0.05, 0) is 41.5 Å². The highest BCUT2D eigenvalue weighted by atomic mass is 35.5. The summed E-state index contributed by atoms with van der Waals surface area (Å²) in [5.41, 5.74) is 2.35. The normalized spacial score (nSPS) is 27.0. The topological polar surface area (TPSA) is 66.9 Å². The highest BCUT2D eigenvalue weighted by molar-refractivity contribution is 6.31. The summed E-state index contributed by atoms with van der Waals surface area (Å²) in [6.45, 7) is 0. The van der Waals surface area contributed by atoms with Crippen LogP contribution in [-0.4, -0.2) is 35.8 Å².